The maximum atomic E-state index is 12.7. The quantitative estimate of drug-likeness (QED) is 0.595. The van der Waals surface area contributed by atoms with Crippen LogP contribution in [0.1, 0.15) is 12.0 Å². The normalized spacial score (nSPS) is 16.1. The number of ether oxygens (including phenoxy) is 1. The lowest BCUT2D eigenvalue weighted by molar-refractivity contribution is 0.0768. The average Bonchev–Trinajstić information content (AvgIpc) is 3.22. The van der Waals surface area contributed by atoms with Gasteiger partial charge in [-0.05, 0) is 23.2 Å². The lowest BCUT2D eigenvalue weighted by Gasteiger charge is -2.40. The van der Waals surface area contributed by atoms with Crippen molar-refractivity contribution in [1.82, 2.24) is 19.4 Å². The molecule has 0 saturated carbocycles. The molecule has 0 aliphatic carbocycles. The lowest BCUT2D eigenvalue weighted by atomic mass is 10.1. The van der Waals surface area contributed by atoms with E-state index < -0.39 is 18.2 Å². The summed E-state index contributed by atoms with van der Waals surface area (Å²) >= 11 is 6.07. The smallest absolute Gasteiger partial charge is 0.416 e. The molecule has 4 rings (SSSR count). The summed E-state index contributed by atoms with van der Waals surface area (Å²) in [5.74, 6) is 0.340. The van der Waals surface area contributed by atoms with Gasteiger partial charge in [-0.15, -0.1) is 0 Å². The van der Waals surface area contributed by atoms with Crippen LogP contribution in [0.4, 0.5) is 15.4 Å². The number of carboxylic acid groups (broad SMARTS) is 1. The molecule has 1 fully saturated rings. The predicted molar refractivity (Wildman–Crippen MR) is 116 cm³/mol. The van der Waals surface area contributed by atoms with Crippen molar-refractivity contribution in [2.75, 3.05) is 24.5 Å². The van der Waals surface area contributed by atoms with E-state index in [9.17, 15) is 20.0 Å². The van der Waals surface area contributed by atoms with E-state index in [4.69, 9.17) is 16.3 Å². The molecule has 0 bridgehead atoms. The van der Waals surface area contributed by atoms with Crippen molar-refractivity contribution in [2.45, 2.75) is 19.1 Å². The molecule has 32 heavy (non-hydrogen) atoms. The number of hydrogen-bond acceptors (Lipinski definition) is 7. The van der Waals surface area contributed by atoms with Crippen LogP contribution < -0.4 is 4.90 Å². The maximum Gasteiger partial charge on any atom is 0.416 e. The Hall–Kier alpha value is -3.84. The number of carbonyl (C=O) groups excluding carboxylic acids is 1. The second-order valence-electron chi connectivity index (χ2n) is 7.21. The largest absolute Gasteiger partial charge is 0.464 e. The van der Waals surface area contributed by atoms with Crippen LogP contribution in [0.15, 0.2) is 42.6 Å². The molecule has 0 spiro atoms. The van der Waals surface area contributed by atoms with E-state index in [1.165, 1.54) is 11.1 Å². The van der Waals surface area contributed by atoms with Gasteiger partial charge in [-0.1, -0.05) is 30.3 Å². The summed E-state index contributed by atoms with van der Waals surface area (Å²) < 4.78 is 6.47. The molecule has 1 N–H and O–H groups in total. The van der Waals surface area contributed by atoms with Gasteiger partial charge in [0, 0.05) is 25.8 Å². The number of benzene rings is 1. The predicted octanol–water partition coefficient (Wildman–Crippen LogP) is 3.35. The highest BCUT2D eigenvalue weighted by molar-refractivity contribution is 6.28. The Bertz CT molecular complexity index is 1190. The van der Waals surface area contributed by atoms with Crippen molar-refractivity contribution < 1.29 is 19.4 Å². The first-order chi connectivity index (χ1) is 15.5. The van der Waals surface area contributed by atoms with E-state index >= 15 is 0 Å². The fourth-order valence-electron chi connectivity index (χ4n) is 3.75. The van der Waals surface area contributed by atoms with E-state index in [-0.39, 0.29) is 31.4 Å². The minimum atomic E-state index is -1.18. The van der Waals surface area contributed by atoms with Crippen molar-refractivity contribution in [3.63, 3.8) is 0 Å². The highest BCUT2D eigenvalue weighted by Gasteiger charge is 2.33. The van der Waals surface area contributed by atoms with Gasteiger partial charge in [-0.3, -0.25) is 0 Å². The van der Waals surface area contributed by atoms with Crippen LogP contribution in [0, 0.1) is 11.3 Å². The first-order valence-corrected chi connectivity index (χ1v) is 10.2. The summed E-state index contributed by atoms with van der Waals surface area (Å²) in [5, 5.41) is 18.8. The van der Waals surface area contributed by atoms with Gasteiger partial charge in [0.25, 0.3) is 0 Å². The molecule has 164 valence electrons. The number of halogens is 1. The van der Waals surface area contributed by atoms with E-state index in [2.05, 4.69) is 16.0 Å². The number of anilines is 1. The van der Waals surface area contributed by atoms with Gasteiger partial charge in [0.1, 0.15) is 12.1 Å². The van der Waals surface area contributed by atoms with Crippen LogP contribution >= 0.6 is 11.6 Å². The molecule has 10 nitrogen and oxygen atoms in total. The molecule has 1 atom stereocenters. The van der Waals surface area contributed by atoms with Crippen molar-refractivity contribution in [3.05, 3.63) is 53.4 Å². The SMILES string of the molecule is N#CC[C@H]1CN(c2nc(Cl)nc3ccn(C(=O)O)c23)CCN1C(=O)OCc1ccccc1. The van der Waals surface area contributed by atoms with Gasteiger partial charge in [-0.25, -0.2) is 19.1 Å². The Kier molecular flexibility index (Phi) is 6.09. The van der Waals surface area contributed by atoms with Crippen molar-refractivity contribution >= 4 is 40.6 Å². The Labute approximate surface area is 188 Å². The number of nitriles is 1. The van der Waals surface area contributed by atoms with E-state index in [0.29, 0.717) is 23.4 Å². The van der Waals surface area contributed by atoms with E-state index in [1.807, 2.05) is 35.2 Å². The van der Waals surface area contributed by atoms with Gasteiger partial charge in [0.05, 0.1) is 24.0 Å². The molecule has 1 aromatic carbocycles. The van der Waals surface area contributed by atoms with Crippen LogP contribution in [0.3, 0.4) is 0 Å². The summed E-state index contributed by atoms with van der Waals surface area (Å²) in [6, 6.07) is 12.5. The standard InChI is InChI=1S/C21H19ClN6O4/c22-19-24-16-7-9-28(20(29)30)17(16)18(25-19)26-10-11-27(15(12-26)6-8-23)21(31)32-13-14-4-2-1-3-5-14/h1-5,7,9,15H,6,10-13H2,(H,29,30)/t15-/m0/s1. The minimum absolute atomic E-state index is 0.0165. The number of piperazine rings is 1. The average molecular weight is 455 g/mol. The van der Waals surface area contributed by atoms with Gasteiger partial charge >= 0.3 is 12.2 Å². The zero-order chi connectivity index (χ0) is 22.7. The second kappa shape index (κ2) is 9.11. The molecular weight excluding hydrogens is 436 g/mol. The summed E-state index contributed by atoms with van der Waals surface area (Å²) in [5.41, 5.74) is 1.56. The van der Waals surface area contributed by atoms with Gasteiger partial charge < -0.3 is 19.6 Å². The monoisotopic (exact) mass is 454 g/mol. The number of amides is 1. The highest BCUT2D eigenvalue weighted by Crippen LogP contribution is 2.29. The summed E-state index contributed by atoms with van der Waals surface area (Å²) in [6.45, 7) is 1.03. The van der Waals surface area contributed by atoms with Crippen molar-refractivity contribution in [3.8, 4) is 6.07 Å². The molecule has 0 radical (unpaired) electrons. The minimum Gasteiger partial charge on any atom is -0.464 e. The maximum absolute atomic E-state index is 12.7. The fraction of sp³-hybridized carbons (Fsp3) is 0.286. The Balaban J connectivity index is 1.56. The molecule has 2 aromatic heterocycles. The topological polar surface area (TPSA) is 125 Å². The molecular formula is C21H19ClN6O4. The number of aromatic nitrogens is 3. The molecule has 1 aliphatic rings. The number of nitrogens with zero attached hydrogens (tertiary/aromatic N) is 6. The number of carbonyl (C=O) groups is 2. The van der Waals surface area contributed by atoms with Crippen molar-refractivity contribution in [2.24, 2.45) is 0 Å². The van der Waals surface area contributed by atoms with Crippen LogP contribution in [0.25, 0.3) is 11.0 Å². The molecule has 0 unspecified atom stereocenters. The molecule has 3 aromatic rings. The summed E-state index contributed by atoms with van der Waals surface area (Å²) in [6.07, 6.45) is -0.220. The number of hydrogen-bond donors (Lipinski definition) is 1. The van der Waals surface area contributed by atoms with Crippen LogP contribution in [-0.2, 0) is 11.3 Å². The first-order valence-electron chi connectivity index (χ1n) is 9.85. The molecule has 1 saturated heterocycles. The van der Waals surface area contributed by atoms with Gasteiger partial charge in [0.2, 0.25) is 5.28 Å². The Morgan fingerprint density at radius 1 is 1.22 bits per heavy atom. The number of fused-ring (bicyclic) bond motifs is 1. The van der Waals surface area contributed by atoms with E-state index in [1.54, 1.807) is 6.07 Å². The third-order valence-electron chi connectivity index (χ3n) is 5.24. The zero-order valence-corrected chi connectivity index (χ0v) is 17.6. The van der Waals surface area contributed by atoms with Crippen LogP contribution in [0.5, 0.6) is 0 Å². The lowest BCUT2D eigenvalue weighted by Crippen LogP contribution is -2.55. The van der Waals surface area contributed by atoms with Crippen LogP contribution in [0.2, 0.25) is 5.28 Å². The fourth-order valence-corrected chi connectivity index (χ4v) is 3.92. The van der Waals surface area contributed by atoms with Gasteiger partial charge in [-0.2, -0.15) is 10.2 Å². The Morgan fingerprint density at radius 3 is 2.72 bits per heavy atom. The van der Waals surface area contributed by atoms with Gasteiger partial charge in [0.15, 0.2) is 5.82 Å². The zero-order valence-electron chi connectivity index (χ0n) is 16.9. The molecule has 1 amide bonds. The Morgan fingerprint density at radius 2 is 2.00 bits per heavy atom. The van der Waals surface area contributed by atoms with Crippen LogP contribution in [-0.4, -0.2) is 62.4 Å². The summed E-state index contributed by atoms with van der Waals surface area (Å²) in [7, 11) is 0. The van der Waals surface area contributed by atoms with E-state index in [0.717, 1.165) is 10.1 Å². The first kappa shape index (κ1) is 21.4. The molecule has 11 heteroatoms. The molecule has 3 heterocycles. The second-order valence-corrected chi connectivity index (χ2v) is 7.55. The van der Waals surface area contributed by atoms with Crippen molar-refractivity contribution in [1.29, 1.82) is 5.26 Å². The highest BCUT2D eigenvalue weighted by atomic mass is 35.5. The third kappa shape index (κ3) is 4.29. The third-order valence-corrected chi connectivity index (χ3v) is 5.41. The summed E-state index contributed by atoms with van der Waals surface area (Å²) in [4.78, 5) is 36.0. The number of rotatable bonds is 4. The molecule has 1 aliphatic heterocycles.